The van der Waals surface area contributed by atoms with Crippen LogP contribution in [0.4, 0.5) is 0 Å². The lowest BCUT2D eigenvalue weighted by atomic mass is 9.99. The van der Waals surface area contributed by atoms with E-state index in [9.17, 15) is 0 Å². The summed E-state index contributed by atoms with van der Waals surface area (Å²) in [5.41, 5.74) is 4.98. The maximum Gasteiger partial charge on any atom is 0.193 e. The molecule has 1 atom stereocenters. The van der Waals surface area contributed by atoms with Crippen LogP contribution < -0.4 is 5.32 Å². The Morgan fingerprint density at radius 3 is 2.67 bits per heavy atom. The van der Waals surface area contributed by atoms with Crippen molar-refractivity contribution >= 4 is 5.96 Å². The lowest BCUT2D eigenvalue weighted by Crippen LogP contribution is -2.39. The van der Waals surface area contributed by atoms with Gasteiger partial charge in [-0.15, -0.1) is 0 Å². The average molecular weight is 325 g/mol. The summed E-state index contributed by atoms with van der Waals surface area (Å²) in [6, 6.07) is 10.8. The summed E-state index contributed by atoms with van der Waals surface area (Å²) in [5.74, 6) is 1.57. The molecular formula is C19H27N5. The summed E-state index contributed by atoms with van der Waals surface area (Å²) in [7, 11) is 3.85. The minimum absolute atomic E-state index is 0.589. The monoisotopic (exact) mass is 325 g/mol. The van der Waals surface area contributed by atoms with Gasteiger partial charge >= 0.3 is 0 Å². The van der Waals surface area contributed by atoms with Crippen LogP contribution in [-0.4, -0.2) is 40.8 Å². The molecule has 1 saturated heterocycles. The van der Waals surface area contributed by atoms with E-state index in [0.29, 0.717) is 5.92 Å². The first-order valence-electron chi connectivity index (χ1n) is 8.59. The second kappa shape index (κ2) is 7.07. The second-order valence-corrected chi connectivity index (χ2v) is 6.52. The van der Waals surface area contributed by atoms with Gasteiger partial charge in [-0.1, -0.05) is 30.3 Å². The molecule has 0 spiro atoms. The quantitative estimate of drug-likeness (QED) is 0.697. The number of likely N-dealkylation sites (tertiary alicyclic amines) is 1. The molecule has 0 radical (unpaired) electrons. The van der Waals surface area contributed by atoms with Crippen LogP contribution in [0.25, 0.3) is 0 Å². The Bertz CT molecular complexity index is 717. The molecule has 2 heterocycles. The highest BCUT2D eigenvalue weighted by Crippen LogP contribution is 2.26. The molecule has 1 aromatic heterocycles. The van der Waals surface area contributed by atoms with Gasteiger partial charge in [-0.05, 0) is 25.8 Å². The van der Waals surface area contributed by atoms with E-state index < -0.39 is 0 Å². The molecule has 0 saturated carbocycles. The van der Waals surface area contributed by atoms with E-state index in [1.54, 1.807) is 0 Å². The highest BCUT2D eigenvalue weighted by Gasteiger charge is 2.26. The van der Waals surface area contributed by atoms with Crippen molar-refractivity contribution in [3.8, 4) is 0 Å². The van der Waals surface area contributed by atoms with Crippen LogP contribution >= 0.6 is 0 Å². The fourth-order valence-electron chi connectivity index (χ4n) is 3.52. The number of aryl methyl sites for hydroxylation is 2. The standard InChI is InChI=1S/C19H27N5/c1-14-18(15(2)23(4)22-14)12-21-19(20-3)24-11-10-17(13-24)16-8-6-5-7-9-16/h5-9,17H,10-13H2,1-4H3,(H,20,21). The van der Waals surface area contributed by atoms with Crippen molar-refractivity contribution in [2.45, 2.75) is 32.7 Å². The Balaban J connectivity index is 1.63. The van der Waals surface area contributed by atoms with Gasteiger partial charge in [0, 0.05) is 50.9 Å². The van der Waals surface area contributed by atoms with Crippen LogP contribution in [0, 0.1) is 13.8 Å². The third-order valence-corrected chi connectivity index (χ3v) is 5.05. The Morgan fingerprint density at radius 1 is 1.29 bits per heavy atom. The van der Waals surface area contributed by atoms with Gasteiger partial charge in [-0.25, -0.2) is 0 Å². The van der Waals surface area contributed by atoms with E-state index >= 15 is 0 Å². The number of hydrogen-bond donors (Lipinski definition) is 1. The Hall–Kier alpha value is -2.30. The van der Waals surface area contributed by atoms with Gasteiger partial charge in [0.15, 0.2) is 5.96 Å². The lowest BCUT2D eigenvalue weighted by Gasteiger charge is -2.22. The third-order valence-electron chi connectivity index (χ3n) is 5.05. The van der Waals surface area contributed by atoms with Gasteiger partial charge in [0.25, 0.3) is 0 Å². The normalized spacial score (nSPS) is 18.2. The first-order valence-corrected chi connectivity index (χ1v) is 8.59. The summed E-state index contributed by atoms with van der Waals surface area (Å²) in [6.45, 7) is 7.01. The molecule has 1 aliphatic rings. The Morgan fingerprint density at radius 2 is 2.04 bits per heavy atom. The predicted octanol–water partition coefficient (Wildman–Crippen LogP) is 2.60. The lowest BCUT2D eigenvalue weighted by molar-refractivity contribution is 0.485. The first kappa shape index (κ1) is 16.6. The van der Waals surface area contributed by atoms with Gasteiger partial charge in [0.2, 0.25) is 0 Å². The molecular weight excluding hydrogens is 298 g/mol. The fourth-order valence-corrected chi connectivity index (χ4v) is 3.52. The molecule has 1 aromatic carbocycles. The Labute approximate surface area is 144 Å². The van der Waals surface area contributed by atoms with Gasteiger partial charge in [-0.2, -0.15) is 5.10 Å². The predicted molar refractivity (Wildman–Crippen MR) is 98.3 cm³/mol. The number of aliphatic imine (C=N–C) groups is 1. The van der Waals surface area contributed by atoms with Crippen LogP contribution in [0.1, 0.15) is 34.9 Å². The molecule has 24 heavy (non-hydrogen) atoms. The molecule has 1 aliphatic heterocycles. The second-order valence-electron chi connectivity index (χ2n) is 6.52. The molecule has 5 heteroatoms. The van der Waals surface area contributed by atoms with E-state index in [1.807, 2.05) is 18.8 Å². The summed E-state index contributed by atoms with van der Waals surface area (Å²) >= 11 is 0. The molecule has 128 valence electrons. The molecule has 2 aromatic rings. The van der Waals surface area contributed by atoms with Crippen molar-refractivity contribution in [3.05, 3.63) is 52.8 Å². The van der Waals surface area contributed by atoms with Gasteiger partial charge < -0.3 is 10.2 Å². The van der Waals surface area contributed by atoms with E-state index in [0.717, 1.165) is 31.3 Å². The van der Waals surface area contributed by atoms with Crippen molar-refractivity contribution in [1.29, 1.82) is 0 Å². The smallest absolute Gasteiger partial charge is 0.193 e. The zero-order chi connectivity index (χ0) is 17.1. The number of guanidine groups is 1. The molecule has 0 aliphatic carbocycles. The van der Waals surface area contributed by atoms with E-state index in [4.69, 9.17) is 0 Å². The van der Waals surface area contributed by atoms with E-state index in [1.165, 1.54) is 23.2 Å². The van der Waals surface area contributed by atoms with Crippen molar-refractivity contribution < 1.29 is 0 Å². The molecule has 0 amide bonds. The van der Waals surface area contributed by atoms with E-state index in [-0.39, 0.29) is 0 Å². The summed E-state index contributed by atoms with van der Waals surface area (Å²) in [5, 5.41) is 8.00. The third kappa shape index (κ3) is 3.30. The SMILES string of the molecule is CN=C(NCc1c(C)nn(C)c1C)N1CCC(c2ccccc2)C1. The topological polar surface area (TPSA) is 45.5 Å². The van der Waals surface area contributed by atoms with Crippen LogP contribution in [0.3, 0.4) is 0 Å². The zero-order valence-corrected chi connectivity index (χ0v) is 15.1. The number of benzene rings is 1. The molecule has 1 N–H and O–H groups in total. The number of nitrogens with zero attached hydrogens (tertiary/aromatic N) is 4. The van der Waals surface area contributed by atoms with Crippen LogP contribution in [-0.2, 0) is 13.6 Å². The summed E-state index contributed by atoms with van der Waals surface area (Å²) in [6.07, 6.45) is 1.18. The molecule has 5 nitrogen and oxygen atoms in total. The highest BCUT2D eigenvalue weighted by molar-refractivity contribution is 5.80. The minimum Gasteiger partial charge on any atom is -0.352 e. The maximum absolute atomic E-state index is 4.49. The van der Waals surface area contributed by atoms with Crippen molar-refractivity contribution in [2.75, 3.05) is 20.1 Å². The van der Waals surface area contributed by atoms with E-state index in [2.05, 4.69) is 64.5 Å². The Kier molecular flexibility index (Phi) is 4.88. The van der Waals surface area contributed by atoms with Crippen LogP contribution in [0.5, 0.6) is 0 Å². The average Bonchev–Trinajstić information content (AvgIpc) is 3.17. The molecule has 1 fully saturated rings. The van der Waals surface area contributed by atoms with Crippen LogP contribution in [0.2, 0.25) is 0 Å². The fraction of sp³-hybridized carbons (Fsp3) is 0.474. The molecule has 1 unspecified atom stereocenters. The molecule has 0 bridgehead atoms. The van der Waals surface area contributed by atoms with Crippen molar-refractivity contribution in [1.82, 2.24) is 20.0 Å². The first-order chi connectivity index (χ1) is 11.6. The maximum atomic E-state index is 4.49. The minimum atomic E-state index is 0.589. The number of aromatic nitrogens is 2. The number of rotatable bonds is 3. The van der Waals surface area contributed by atoms with Crippen LogP contribution in [0.15, 0.2) is 35.3 Å². The summed E-state index contributed by atoms with van der Waals surface area (Å²) in [4.78, 5) is 6.84. The van der Waals surface area contributed by atoms with Gasteiger partial charge in [-0.3, -0.25) is 9.67 Å². The molecule has 3 rings (SSSR count). The number of nitrogens with one attached hydrogen (secondary N) is 1. The van der Waals surface area contributed by atoms with Crippen molar-refractivity contribution in [3.63, 3.8) is 0 Å². The van der Waals surface area contributed by atoms with Gasteiger partial charge in [0.05, 0.1) is 5.69 Å². The summed E-state index contributed by atoms with van der Waals surface area (Å²) < 4.78 is 1.94. The zero-order valence-electron chi connectivity index (χ0n) is 15.1. The van der Waals surface area contributed by atoms with Gasteiger partial charge in [0.1, 0.15) is 0 Å². The number of hydrogen-bond acceptors (Lipinski definition) is 2. The largest absolute Gasteiger partial charge is 0.352 e. The highest BCUT2D eigenvalue weighted by atomic mass is 15.3. The van der Waals surface area contributed by atoms with Crippen molar-refractivity contribution in [2.24, 2.45) is 12.0 Å².